The predicted molar refractivity (Wildman–Crippen MR) is 115 cm³/mol. The van der Waals surface area contributed by atoms with E-state index < -0.39 is 79.2 Å². The Labute approximate surface area is 193 Å². The molecule has 4 unspecified atom stereocenters. The van der Waals surface area contributed by atoms with Gasteiger partial charge in [0.1, 0.15) is 18.1 Å². The molecule has 0 radical (unpaired) electrons. The highest BCUT2D eigenvalue weighted by atomic mass is 16.4. The summed E-state index contributed by atoms with van der Waals surface area (Å²) in [6.07, 6.45) is -1.55. The zero-order valence-corrected chi connectivity index (χ0v) is 18.0. The van der Waals surface area contributed by atoms with Crippen LogP contribution in [0.4, 0.5) is 0 Å². The number of nitrogens with one attached hydrogen (secondary N) is 3. The van der Waals surface area contributed by atoms with Crippen molar-refractivity contribution in [3.63, 3.8) is 0 Å². The molecule has 0 fully saturated rings. The lowest BCUT2D eigenvalue weighted by Crippen LogP contribution is -2.58. The molecule has 14 nitrogen and oxygen atoms in total. The van der Waals surface area contributed by atoms with E-state index in [0.29, 0.717) is 0 Å². The van der Waals surface area contributed by atoms with Crippen LogP contribution in [-0.2, 0) is 35.2 Å². The number of aliphatic hydroxyl groups excluding tert-OH is 1. The number of carbonyl (C=O) groups excluding carboxylic acids is 4. The van der Waals surface area contributed by atoms with Crippen molar-refractivity contribution in [1.82, 2.24) is 16.0 Å². The maximum absolute atomic E-state index is 12.7. The van der Waals surface area contributed by atoms with Gasteiger partial charge in [-0.1, -0.05) is 30.3 Å². The lowest BCUT2D eigenvalue weighted by molar-refractivity contribution is -0.144. The summed E-state index contributed by atoms with van der Waals surface area (Å²) < 4.78 is 0. The number of aliphatic carboxylic acids is 2. The van der Waals surface area contributed by atoms with E-state index in [4.69, 9.17) is 26.8 Å². The lowest BCUT2D eigenvalue weighted by atomic mass is 10.0. The third-order valence-electron chi connectivity index (χ3n) is 4.48. The van der Waals surface area contributed by atoms with Gasteiger partial charge in [0.2, 0.25) is 23.6 Å². The van der Waals surface area contributed by atoms with E-state index in [9.17, 15) is 28.8 Å². The number of hydrogen-bond acceptors (Lipinski definition) is 8. The topological polar surface area (TPSA) is 251 Å². The smallest absolute Gasteiger partial charge is 0.328 e. The third kappa shape index (κ3) is 9.62. The van der Waals surface area contributed by atoms with Gasteiger partial charge in [0.25, 0.3) is 0 Å². The fraction of sp³-hybridized carbons (Fsp3) is 0.400. The summed E-state index contributed by atoms with van der Waals surface area (Å²) in [5.74, 6) is -7.25. The molecule has 0 aromatic heterocycles. The third-order valence-corrected chi connectivity index (χ3v) is 4.48. The molecule has 0 saturated heterocycles. The zero-order valence-electron chi connectivity index (χ0n) is 18.0. The van der Waals surface area contributed by atoms with Crippen LogP contribution in [0.15, 0.2) is 30.3 Å². The number of hydrogen-bond donors (Lipinski definition) is 8. The molecule has 1 rings (SSSR count). The van der Waals surface area contributed by atoms with Crippen LogP contribution in [0.1, 0.15) is 18.4 Å². The van der Waals surface area contributed by atoms with Crippen LogP contribution >= 0.6 is 0 Å². The van der Waals surface area contributed by atoms with Crippen molar-refractivity contribution in [2.75, 3.05) is 6.61 Å². The van der Waals surface area contributed by atoms with Crippen molar-refractivity contribution >= 4 is 35.6 Å². The highest BCUT2D eigenvalue weighted by Gasteiger charge is 2.32. The summed E-state index contributed by atoms with van der Waals surface area (Å²) >= 11 is 0. The SMILES string of the molecule is NC(=O)CC(NC(=O)C(CC(=O)O)NC(=O)C(N)Cc1ccccc1)C(=O)NC(CO)C(=O)O. The van der Waals surface area contributed by atoms with E-state index in [0.717, 1.165) is 5.56 Å². The molecule has 0 bridgehead atoms. The number of carboxylic acid groups (broad SMARTS) is 2. The Bertz CT molecular complexity index is 909. The van der Waals surface area contributed by atoms with E-state index >= 15 is 0 Å². The number of amides is 4. The molecule has 1 aromatic rings. The van der Waals surface area contributed by atoms with Crippen LogP contribution in [0.3, 0.4) is 0 Å². The summed E-state index contributed by atoms with van der Waals surface area (Å²) in [5, 5.41) is 33.3. The van der Waals surface area contributed by atoms with Gasteiger partial charge in [0.05, 0.1) is 25.5 Å². The van der Waals surface area contributed by atoms with Crippen LogP contribution in [-0.4, -0.2) is 81.7 Å². The van der Waals surface area contributed by atoms with Gasteiger partial charge >= 0.3 is 11.9 Å². The summed E-state index contributed by atoms with van der Waals surface area (Å²) in [7, 11) is 0. The first-order valence-corrected chi connectivity index (χ1v) is 9.99. The molecule has 4 atom stereocenters. The lowest BCUT2D eigenvalue weighted by Gasteiger charge is -2.23. The minimum absolute atomic E-state index is 0.0958. The Kier molecular flexibility index (Phi) is 11.1. The van der Waals surface area contributed by atoms with Gasteiger partial charge in [0.15, 0.2) is 0 Å². The van der Waals surface area contributed by atoms with Crippen molar-refractivity contribution in [2.24, 2.45) is 11.5 Å². The highest BCUT2D eigenvalue weighted by Crippen LogP contribution is 2.04. The van der Waals surface area contributed by atoms with Gasteiger partial charge in [-0.3, -0.25) is 24.0 Å². The minimum atomic E-state index is -1.73. The molecule has 0 saturated carbocycles. The van der Waals surface area contributed by atoms with E-state index in [1.165, 1.54) is 0 Å². The minimum Gasteiger partial charge on any atom is -0.481 e. The zero-order chi connectivity index (χ0) is 25.8. The molecular weight excluding hydrogens is 454 g/mol. The number of nitrogens with two attached hydrogens (primary N) is 2. The Morgan fingerprint density at radius 1 is 0.794 bits per heavy atom. The molecule has 186 valence electrons. The second-order valence-corrected chi connectivity index (χ2v) is 7.27. The van der Waals surface area contributed by atoms with Crippen LogP contribution in [0.2, 0.25) is 0 Å². The first-order valence-electron chi connectivity index (χ1n) is 9.99. The van der Waals surface area contributed by atoms with Gasteiger partial charge < -0.3 is 42.7 Å². The maximum Gasteiger partial charge on any atom is 0.328 e. The molecular formula is C20H27N5O9. The van der Waals surface area contributed by atoms with E-state index in [1.54, 1.807) is 30.3 Å². The van der Waals surface area contributed by atoms with Crippen LogP contribution in [0.25, 0.3) is 0 Å². The fourth-order valence-electron chi connectivity index (χ4n) is 2.76. The van der Waals surface area contributed by atoms with Crippen LogP contribution < -0.4 is 27.4 Å². The number of primary amides is 1. The van der Waals surface area contributed by atoms with Crippen molar-refractivity contribution in [2.45, 2.75) is 43.4 Å². The molecule has 0 heterocycles. The Balaban J connectivity index is 2.94. The van der Waals surface area contributed by atoms with E-state index in [-0.39, 0.29) is 6.42 Å². The van der Waals surface area contributed by atoms with Crippen LogP contribution in [0, 0.1) is 0 Å². The molecule has 0 aliphatic heterocycles. The summed E-state index contributed by atoms with van der Waals surface area (Å²) in [6, 6.07) is 2.43. The summed E-state index contributed by atoms with van der Waals surface area (Å²) in [5.41, 5.74) is 11.6. The molecule has 1 aromatic carbocycles. The number of aliphatic hydroxyl groups is 1. The number of rotatable bonds is 14. The average molecular weight is 481 g/mol. The van der Waals surface area contributed by atoms with Gasteiger partial charge in [-0.15, -0.1) is 0 Å². The molecule has 10 N–H and O–H groups in total. The Hall–Kier alpha value is -4.04. The largest absolute Gasteiger partial charge is 0.481 e. The van der Waals surface area contributed by atoms with Crippen molar-refractivity contribution in [3.05, 3.63) is 35.9 Å². The normalized spacial score (nSPS) is 14.1. The van der Waals surface area contributed by atoms with E-state index in [1.807, 2.05) is 5.32 Å². The average Bonchev–Trinajstić information content (AvgIpc) is 2.75. The first-order chi connectivity index (χ1) is 15.9. The number of carbonyl (C=O) groups is 6. The molecule has 0 aliphatic rings. The number of benzene rings is 1. The van der Waals surface area contributed by atoms with E-state index in [2.05, 4.69) is 10.6 Å². The second kappa shape index (κ2) is 13.5. The van der Waals surface area contributed by atoms with Crippen molar-refractivity contribution in [1.29, 1.82) is 0 Å². The van der Waals surface area contributed by atoms with Gasteiger partial charge in [-0.05, 0) is 12.0 Å². The predicted octanol–water partition coefficient (Wildman–Crippen LogP) is -3.56. The maximum atomic E-state index is 12.7. The van der Waals surface area contributed by atoms with Crippen molar-refractivity contribution in [3.8, 4) is 0 Å². The quantitative estimate of drug-likeness (QED) is 0.130. The molecule has 34 heavy (non-hydrogen) atoms. The first kappa shape index (κ1) is 28.0. The van der Waals surface area contributed by atoms with Crippen LogP contribution in [0.5, 0.6) is 0 Å². The summed E-state index contributed by atoms with van der Waals surface area (Å²) in [6.45, 7) is -0.977. The molecule has 0 spiro atoms. The Morgan fingerprint density at radius 3 is 1.76 bits per heavy atom. The molecule has 4 amide bonds. The highest BCUT2D eigenvalue weighted by molar-refractivity contribution is 5.97. The van der Waals surface area contributed by atoms with Gasteiger partial charge in [-0.25, -0.2) is 4.79 Å². The summed E-state index contributed by atoms with van der Waals surface area (Å²) in [4.78, 5) is 71.0. The van der Waals surface area contributed by atoms with Gasteiger partial charge in [-0.2, -0.15) is 0 Å². The monoisotopic (exact) mass is 481 g/mol. The molecule has 0 aliphatic carbocycles. The molecule has 14 heteroatoms. The number of carboxylic acids is 2. The fourth-order valence-corrected chi connectivity index (χ4v) is 2.76. The standard InChI is InChI=1S/C20H27N5O9/c21-11(6-10-4-2-1-3-5-10)17(30)23-13(8-16(28)29)19(32)24-12(7-15(22)27)18(31)25-14(9-26)20(33)34/h1-5,11-14,26H,6-9,21H2,(H2,22,27)(H,23,30)(H,24,32)(H,25,31)(H,28,29)(H,33,34). The van der Waals surface area contributed by atoms with Gasteiger partial charge in [0, 0.05) is 0 Å². The second-order valence-electron chi connectivity index (χ2n) is 7.27. The van der Waals surface area contributed by atoms with Crippen molar-refractivity contribution < 1.29 is 44.1 Å². The Morgan fingerprint density at radius 2 is 1.29 bits per heavy atom.